The molecule has 0 aliphatic heterocycles. The zero-order valence-corrected chi connectivity index (χ0v) is 10.4. The SMILES string of the molecule is CCOC(OCC)c1c(CO)cnc(C)c1O. The molecular formula is C12H19NO4. The number of aromatic nitrogens is 1. The lowest BCUT2D eigenvalue weighted by Gasteiger charge is -2.21. The van der Waals surface area contributed by atoms with Crippen LogP contribution in [-0.2, 0) is 16.1 Å². The van der Waals surface area contributed by atoms with Gasteiger partial charge in [-0.1, -0.05) is 0 Å². The Morgan fingerprint density at radius 3 is 2.35 bits per heavy atom. The number of hydrogen-bond donors (Lipinski definition) is 2. The Morgan fingerprint density at radius 1 is 1.29 bits per heavy atom. The van der Waals surface area contributed by atoms with E-state index in [-0.39, 0.29) is 12.4 Å². The van der Waals surface area contributed by atoms with Gasteiger partial charge in [-0.15, -0.1) is 0 Å². The minimum absolute atomic E-state index is 0.0171. The van der Waals surface area contributed by atoms with Crippen LogP contribution < -0.4 is 0 Å². The number of aliphatic hydroxyl groups excluding tert-OH is 1. The first kappa shape index (κ1) is 13.9. The van der Waals surface area contributed by atoms with Crippen LogP contribution in [0.2, 0.25) is 0 Å². The maximum absolute atomic E-state index is 10.00. The maximum Gasteiger partial charge on any atom is 0.187 e. The number of aromatic hydroxyl groups is 1. The van der Waals surface area contributed by atoms with E-state index >= 15 is 0 Å². The van der Waals surface area contributed by atoms with Crippen molar-refractivity contribution in [1.29, 1.82) is 0 Å². The van der Waals surface area contributed by atoms with E-state index in [1.807, 2.05) is 13.8 Å². The Balaban J connectivity index is 3.18. The van der Waals surface area contributed by atoms with Gasteiger partial charge in [0.1, 0.15) is 5.75 Å². The molecule has 0 aromatic carbocycles. The van der Waals surface area contributed by atoms with E-state index in [9.17, 15) is 10.2 Å². The summed E-state index contributed by atoms with van der Waals surface area (Å²) in [5.74, 6) is 0.0171. The molecule has 0 unspecified atom stereocenters. The highest BCUT2D eigenvalue weighted by Crippen LogP contribution is 2.32. The van der Waals surface area contributed by atoms with Gasteiger partial charge in [0.15, 0.2) is 6.29 Å². The topological polar surface area (TPSA) is 71.8 Å². The monoisotopic (exact) mass is 241 g/mol. The van der Waals surface area contributed by atoms with Crippen molar-refractivity contribution in [1.82, 2.24) is 4.98 Å². The molecule has 2 N–H and O–H groups in total. The molecule has 17 heavy (non-hydrogen) atoms. The summed E-state index contributed by atoms with van der Waals surface area (Å²) in [4.78, 5) is 3.99. The molecular weight excluding hydrogens is 222 g/mol. The molecule has 0 atom stereocenters. The van der Waals surface area contributed by atoms with Crippen LogP contribution in [0.1, 0.15) is 37.0 Å². The van der Waals surface area contributed by atoms with E-state index in [1.54, 1.807) is 6.92 Å². The fourth-order valence-corrected chi connectivity index (χ4v) is 1.56. The number of ether oxygens (including phenoxy) is 2. The van der Waals surface area contributed by atoms with Gasteiger partial charge in [-0.3, -0.25) is 4.98 Å². The molecule has 0 fully saturated rings. The summed E-state index contributed by atoms with van der Waals surface area (Å²) in [5, 5.41) is 19.3. The van der Waals surface area contributed by atoms with Crippen LogP contribution in [0.4, 0.5) is 0 Å². The Hall–Kier alpha value is -1.17. The minimum Gasteiger partial charge on any atom is -0.506 e. The predicted molar refractivity (Wildman–Crippen MR) is 62.6 cm³/mol. The molecule has 0 saturated heterocycles. The van der Waals surface area contributed by atoms with Gasteiger partial charge in [-0.05, 0) is 20.8 Å². The van der Waals surface area contributed by atoms with Gasteiger partial charge >= 0.3 is 0 Å². The summed E-state index contributed by atoms with van der Waals surface area (Å²) in [6, 6.07) is 0. The summed E-state index contributed by atoms with van der Waals surface area (Å²) in [7, 11) is 0. The molecule has 1 aromatic rings. The molecule has 0 radical (unpaired) electrons. The Labute approximate surface area is 101 Å². The Morgan fingerprint density at radius 2 is 1.88 bits per heavy atom. The zero-order chi connectivity index (χ0) is 12.8. The predicted octanol–water partition coefficient (Wildman–Crippen LogP) is 1.66. The van der Waals surface area contributed by atoms with Crippen molar-refractivity contribution in [2.24, 2.45) is 0 Å². The molecule has 0 bridgehead atoms. The second-order valence-corrected chi connectivity index (χ2v) is 3.53. The van der Waals surface area contributed by atoms with Crippen LogP contribution in [0.25, 0.3) is 0 Å². The standard InChI is InChI=1S/C12H19NO4/c1-4-16-12(17-5-2)10-9(7-14)6-13-8(3)11(10)15/h6,12,14-15H,4-5,7H2,1-3H3. The summed E-state index contributed by atoms with van der Waals surface area (Å²) >= 11 is 0. The summed E-state index contributed by atoms with van der Waals surface area (Å²) < 4.78 is 10.9. The summed E-state index contributed by atoms with van der Waals surface area (Å²) in [6.45, 7) is 6.07. The van der Waals surface area contributed by atoms with Gasteiger partial charge in [0.05, 0.1) is 17.9 Å². The van der Waals surface area contributed by atoms with Crippen molar-refractivity contribution >= 4 is 0 Å². The summed E-state index contributed by atoms with van der Waals surface area (Å²) in [5.41, 5.74) is 1.46. The molecule has 0 saturated carbocycles. The molecule has 1 aromatic heterocycles. The van der Waals surface area contributed by atoms with Crippen LogP contribution in [0, 0.1) is 6.92 Å². The van der Waals surface area contributed by atoms with Crippen molar-refractivity contribution in [2.45, 2.75) is 33.7 Å². The first-order valence-corrected chi connectivity index (χ1v) is 5.67. The van der Waals surface area contributed by atoms with Gasteiger partial charge in [-0.25, -0.2) is 0 Å². The molecule has 0 spiro atoms. The molecule has 0 aliphatic carbocycles. The highest BCUT2D eigenvalue weighted by atomic mass is 16.7. The lowest BCUT2D eigenvalue weighted by Crippen LogP contribution is -2.12. The summed E-state index contributed by atoms with van der Waals surface area (Å²) in [6.07, 6.45) is 0.851. The van der Waals surface area contributed by atoms with Gasteiger partial charge in [0, 0.05) is 25.0 Å². The third kappa shape index (κ3) is 3.15. The minimum atomic E-state index is -0.672. The first-order valence-electron chi connectivity index (χ1n) is 5.67. The fraction of sp³-hybridized carbons (Fsp3) is 0.583. The molecule has 1 rings (SSSR count). The number of pyridine rings is 1. The van der Waals surface area contributed by atoms with E-state index in [4.69, 9.17) is 9.47 Å². The van der Waals surface area contributed by atoms with Gasteiger partial charge in [0.25, 0.3) is 0 Å². The third-order valence-corrected chi connectivity index (χ3v) is 2.40. The second-order valence-electron chi connectivity index (χ2n) is 3.53. The van der Waals surface area contributed by atoms with Gasteiger partial charge in [-0.2, -0.15) is 0 Å². The van der Waals surface area contributed by atoms with Crippen LogP contribution in [0.5, 0.6) is 5.75 Å². The zero-order valence-electron chi connectivity index (χ0n) is 10.4. The highest BCUT2D eigenvalue weighted by Gasteiger charge is 2.21. The smallest absolute Gasteiger partial charge is 0.187 e. The largest absolute Gasteiger partial charge is 0.506 e. The Bertz CT molecular complexity index is 362. The van der Waals surface area contributed by atoms with Crippen molar-refractivity contribution in [3.05, 3.63) is 23.0 Å². The number of hydrogen-bond acceptors (Lipinski definition) is 5. The molecule has 5 heteroatoms. The van der Waals surface area contributed by atoms with E-state index < -0.39 is 6.29 Å². The van der Waals surface area contributed by atoms with Crippen molar-refractivity contribution in [3.8, 4) is 5.75 Å². The first-order chi connectivity index (χ1) is 8.15. The van der Waals surface area contributed by atoms with Crippen LogP contribution >= 0.6 is 0 Å². The second kappa shape index (κ2) is 6.54. The maximum atomic E-state index is 10.00. The molecule has 96 valence electrons. The van der Waals surface area contributed by atoms with Gasteiger partial charge < -0.3 is 19.7 Å². The molecule has 5 nitrogen and oxygen atoms in total. The van der Waals surface area contributed by atoms with Crippen LogP contribution in [0.3, 0.4) is 0 Å². The van der Waals surface area contributed by atoms with E-state index in [0.29, 0.717) is 30.0 Å². The number of aryl methyl sites for hydroxylation is 1. The lowest BCUT2D eigenvalue weighted by atomic mass is 10.1. The van der Waals surface area contributed by atoms with Crippen LogP contribution in [-0.4, -0.2) is 28.4 Å². The fourth-order valence-electron chi connectivity index (χ4n) is 1.56. The van der Waals surface area contributed by atoms with E-state index in [0.717, 1.165) is 0 Å². The van der Waals surface area contributed by atoms with Crippen molar-refractivity contribution in [3.63, 3.8) is 0 Å². The molecule has 0 aliphatic rings. The average Bonchev–Trinajstić information content (AvgIpc) is 2.32. The Kier molecular flexibility index (Phi) is 5.34. The van der Waals surface area contributed by atoms with E-state index in [2.05, 4.69) is 4.98 Å². The quantitative estimate of drug-likeness (QED) is 0.741. The number of aliphatic hydroxyl groups is 1. The van der Waals surface area contributed by atoms with Crippen molar-refractivity contribution in [2.75, 3.05) is 13.2 Å². The number of rotatable bonds is 6. The van der Waals surface area contributed by atoms with Crippen LogP contribution in [0.15, 0.2) is 6.20 Å². The number of nitrogens with zero attached hydrogens (tertiary/aromatic N) is 1. The highest BCUT2D eigenvalue weighted by molar-refractivity contribution is 5.41. The normalized spacial score (nSPS) is 11.1. The lowest BCUT2D eigenvalue weighted by molar-refractivity contribution is -0.141. The van der Waals surface area contributed by atoms with Gasteiger partial charge in [0.2, 0.25) is 0 Å². The third-order valence-electron chi connectivity index (χ3n) is 2.40. The van der Waals surface area contributed by atoms with E-state index in [1.165, 1.54) is 6.20 Å². The molecule has 1 heterocycles. The van der Waals surface area contributed by atoms with Crippen molar-refractivity contribution < 1.29 is 19.7 Å². The average molecular weight is 241 g/mol. The molecule has 0 amide bonds.